The van der Waals surface area contributed by atoms with Gasteiger partial charge in [0, 0.05) is 17.8 Å². The maximum absolute atomic E-state index is 12.1. The third kappa shape index (κ3) is 3.75. The fraction of sp³-hybridized carbons (Fsp3) is 0.200. The van der Waals surface area contributed by atoms with Crippen molar-refractivity contribution in [2.75, 3.05) is 5.32 Å². The lowest BCUT2D eigenvalue weighted by Gasteiger charge is -2.01. The molecular weight excluding hydrogens is 316 g/mol. The smallest absolute Gasteiger partial charge is 0.278 e. The highest BCUT2D eigenvalue weighted by Crippen LogP contribution is 2.11. The number of hydrogen-bond donors (Lipinski definition) is 1. The van der Waals surface area contributed by atoms with Gasteiger partial charge in [0.15, 0.2) is 5.69 Å². The van der Waals surface area contributed by atoms with Gasteiger partial charge >= 0.3 is 0 Å². The fourth-order valence-electron chi connectivity index (χ4n) is 2.03. The van der Waals surface area contributed by atoms with E-state index in [1.54, 1.807) is 28.0 Å². The number of nitrogens with one attached hydrogen (secondary N) is 1. The number of hydrogen-bond acceptors (Lipinski definition) is 4. The van der Waals surface area contributed by atoms with Crippen LogP contribution in [0.25, 0.3) is 0 Å². The van der Waals surface area contributed by atoms with Crippen LogP contribution in [0.1, 0.15) is 23.0 Å². The van der Waals surface area contributed by atoms with E-state index in [2.05, 4.69) is 20.5 Å². The summed E-state index contributed by atoms with van der Waals surface area (Å²) >= 11 is 5.86. The van der Waals surface area contributed by atoms with E-state index in [4.69, 9.17) is 11.6 Å². The van der Waals surface area contributed by atoms with Crippen LogP contribution in [-0.4, -0.2) is 30.5 Å². The summed E-state index contributed by atoms with van der Waals surface area (Å²) in [5.74, 6) is -0.0866. The second-order valence-electron chi connectivity index (χ2n) is 4.90. The van der Waals surface area contributed by atoms with Crippen LogP contribution in [0.4, 0.5) is 5.95 Å². The van der Waals surface area contributed by atoms with Gasteiger partial charge in [-0.15, -0.1) is 5.10 Å². The molecule has 0 atom stereocenters. The predicted octanol–water partition coefficient (Wildman–Crippen LogP) is 2.45. The first-order valence-corrected chi connectivity index (χ1v) is 7.50. The van der Waals surface area contributed by atoms with E-state index < -0.39 is 0 Å². The molecule has 0 unspecified atom stereocenters. The summed E-state index contributed by atoms with van der Waals surface area (Å²) in [4.78, 5) is 16.1. The number of halogens is 1. The zero-order valence-electron chi connectivity index (χ0n) is 12.5. The number of aryl methyl sites for hydroxylation is 1. The van der Waals surface area contributed by atoms with Gasteiger partial charge in [-0.25, -0.2) is 9.67 Å². The van der Waals surface area contributed by atoms with E-state index in [1.807, 2.05) is 31.2 Å². The lowest BCUT2D eigenvalue weighted by atomic mass is 10.2. The van der Waals surface area contributed by atoms with E-state index in [9.17, 15) is 4.79 Å². The Morgan fingerprint density at radius 3 is 2.65 bits per heavy atom. The Hall–Kier alpha value is -2.67. The summed E-state index contributed by atoms with van der Waals surface area (Å²) in [7, 11) is 0. The molecule has 2 aromatic heterocycles. The van der Waals surface area contributed by atoms with E-state index in [0.29, 0.717) is 23.8 Å². The average molecular weight is 331 g/mol. The Balaban J connectivity index is 1.64. The molecule has 2 heterocycles. The Morgan fingerprint density at radius 1 is 1.17 bits per heavy atom. The molecular formula is C15H15ClN6O. The first kappa shape index (κ1) is 15.2. The second kappa shape index (κ2) is 6.62. The molecule has 1 amide bonds. The molecule has 23 heavy (non-hydrogen) atoms. The Morgan fingerprint density at radius 2 is 1.96 bits per heavy atom. The first-order valence-electron chi connectivity index (χ1n) is 7.13. The van der Waals surface area contributed by atoms with Crippen molar-refractivity contribution >= 4 is 23.5 Å². The Kier molecular flexibility index (Phi) is 4.38. The van der Waals surface area contributed by atoms with Crippen molar-refractivity contribution < 1.29 is 4.79 Å². The SMILES string of the molecule is CCn1ccc(C(=O)Nc2ncn(Cc3ccc(Cl)cc3)n2)n1. The number of rotatable bonds is 5. The lowest BCUT2D eigenvalue weighted by molar-refractivity contribution is 0.102. The normalized spacial score (nSPS) is 10.7. The summed E-state index contributed by atoms with van der Waals surface area (Å²) in [6.07, 6.45) is 3.32. The minimum atomic E-state index is -0.332. The lowest BCUT2D eigenvalue weighted by Crippen LogP contribution is -2.14. The predicted molar refractivity (Wildman–Crippen MR) is 86.4 cm³/mol. The van der Waals surface area contributed by atoms with Crippen LogP contribution in [0.5, 0.6) is 0 Å². The molecule has 0 aliphatic carbocycles. The second-order valence-corrected chi connectivity index (χ2v) is 5.34. The maximum atomic E-state index is 12.1. The fourth-order valence-corrected chi connectivity index (χ4v) is 2.16. The molecule has 0 fully saturated rings. The molecule has 3 aromatic rings. The molecule has 0 spiro atoms. The van der Waals surface area contributed by atoms with Crippen LogP contribution < -0.4 is 5.32 Å². The van der Waals surface area contributed by atoms with Crippen molar-refractivity contribution in [3.05, 3.63) is 59.1 Å². The highest BCUT2D eigenvalue weighted by molar-refractivity contribution is 6.30. The van der Waals surface area contributed by atoms with E-state index in [1.165, 1.54) is 0 Å². The topological polar surface area (TPSA) is 77.6 Å². The minimum absolute atomic E-state index is 0.245. The molecule has 7 nitrogen and oxygen atoms in total. The van der Waals surface area contributed by atoms with Crippen molar-refractivity contribution in [1.29, 1.82) is 0 Å². The Bertz CT molecular complexity index is 807. The number of benzene rings is 1. The molecule has 1 aromatic carbocycles. The van der Waals surface area contributed by atoms with Crippen molar-refractivity contribution in [1.82, 2.24) is 24.5 Å². The summed E-state index contributed by atoms with van der Waals surface area (Å²) in [5.41, 5.74) is 1.37. The molecule has 0 radical (unpaired) electrons. The van der Waals surface area contributed by atoms with Gasteiger partial charge in [-0.1, -0.05) is 23.7 Å². The van der Waals surface area contributed by atoms with Gasteiger partial charge < -0.3 is 0 Å². The van der Waals surface area contributed by atoms with Gasteiger partial charge in [0.25, 0.3) is 5.91 Å². The van der Waals surface area contributed by atoms with Crippen LogP contribution in [0.15, 0.2) is 42.9 Å². The molecule has 8 heteroatoms. The van der Waals surface area contributed by atoms with Gasteiger partial charge in [0.05, 0.1) is 6.54 Å². The molecule has 0 bridgehead atoms. The molecule has 118 valence electrons. The largest absolute Gasteiger partial charge is 0.288 e. The average Bonchev–Trinajstić information content (AvgIpc) is 3.19. The number of amides is 1. The minimum Gasteiger partial charge on any atom is -0.288 e. The van der Waals surface area contributed by atoms with Crippen LogP contribution in [-0.2, 0) is 13.1 Å². The molecule has 1 N–H and O–H groups in total. The van der Waals surface area contributed by atoms with E-state index in [-0.39, 0.29) is 11.9 Å². The van der Waals surface area contributed by atoms with Gasteiger partial charge in [0.1, 0.15) is 6.33 Å². The molecule has 3 rings (SSSR count). The van der Waals surface area contributed by atoms with Gasteiger partial charge in [0.2, 0.25) is 5.95 Å². The van der Waals surface area contributed by atoms with Crippen molar-refractivity contribution in [2.24, 2.45) is 0 Å². The third-order valence-electron chi connectivity index (χ3n) is 3.22. The van der Waals surface area contributed by atoms with Gasteiger partial charge in [-0.3, -0.25) is 14.8 Å². The molecule has 0 saturated heterocycles. The molecule has 0 aliphatic heterocycles. The van der Waals surface area contributed by atoms with Crippen molar-refractivity contribution in [3.8, 4) is 0 Å². The van der Waals surface area contributed by atoms with E-state index in [0.717, 1.165) is 5.56 Å². The standard InChI is InChI=1S/C15H15ClN6O/c1-2-21-8-7-13(19-21)14(23)18-15-17-10-22(20-15)9-11-3-5-12(16)6-4-11/h3-8,10H,2,9H2,1H3,(H,18,20,23). The van der Waals surface area contributed by atoms with Crippen molar-refractivity contribution in [3.63, 3.8) is 0 Å². The zero-order valence-corrected chi connectivity index (χ0v) is 13.2. The number of nitrogens with zero attached hydrogens (tertiary/aromatic N) is 5. The van der Waals surface area contributed by atoms with Gasteiger partial charge in [-0.05, 0) is 30.7 Å². The third-order valence-corrected chi connectivity index (χ3v) is 3.47. The van der Waals surface area contributed by atoms with Gasteiger partial charge in [-0.2, -0.15) is 5.10 Å². The van der Waals surface area contributed by atoms with E-state index >= 15 is 0 Å². The number of carbonyl (C=O) groups is 1. The highest BCUT2D eigenvalue weighted by atomic mass is 35.5. The number of aromatic nitrogens is 5. The summed E-state index contributed by atoms with van der Waals surface area (Å²) < 4.78 is 3.32. The first-order chi connectivity index (χ1) is 11.1. The quantitative estimate of drug-likeness (QED) is 0.779. The Labute approximate surface area is 137 Å². The summed E-state index contributed by atoms with van der Waals surface area (Å²) in [6.45, 7) is 3.21. The van der Waals surface area contributed by atoms with Crippen LogP contribution in [0.2, 0.25) is 5.02 Å². The summed E-state index contributed by atoms with van der Waals surface area (Å²) in [5, 5.41) is 11.7. The zero-order chi connectivity index (χ0) is 16.2. The number of carbonyl (C=O) groups excluding carboxylic acids is 1. The van der Waals surface area contributed by atoms with Crippen LogP contribution in [0, 0.1) is 0 Å². The van der Waals surface area contributed by atoms with Crippen molar-refractivity contribution in [2.45, 2.75) is 20.0 Å². The summed E-state index contributed by atoms with van der Waals surface area (Å²) in [6, 6.07) is 9.13. The highest BCUT2D eigenvalue weighted by Gasteiger charge is 2.12. The number of anilines is 1. The molecule has 0 aliphatic rings. The van der Waals surface area contributed by atoms with Crippen LogP contribution in [0.3, 0.4) is 0 Å². The monoisotopic (exact) mass is 330 g/mol. The van der Waals surface area contributed by atoms with Crippen LogP contribution >= 0.6 is 11.6 Å². The molecule has 0 saturated carbocycles. The maximum Gasteiger partial charge on any atom is 0.278 e.